The lowest BCUT2D eigenvalue weighted by Gasteiger charge is -2.01. The van der Waals surface area contributed by atoms with Gasteiger partial charge in [0.2, 0.25) is 0 Å². The fourth-order valence-electron chi connectivity index (χ4n) is 0.652. The second-order valence-electron chi connectivity index (χ2n) is 1.91. The van der Waals surface area contributed by atoms with Crippen LogP contribution in [-0.4, -0.2) is 0 Å². The van der Waals surface area contributed by atoms with Crippen molar-refractivity contribution in [1.82, 2.24) is 0 Å². The molecule has 0 aromatic rings. The smallest absolute Gasteiger partial charge is 0.0197 e. The lowest BCUT2D eigenvalue weighted by Crippen LogP contribution is -1.91. The molecule has 0 rings (SSSR count). The summed E-state index contributed by atoms with van der Waals surface area (Å²) >= 11 is 0. The summed E-state index contributed by atoms with van der Waals surface area (Å²) in [6, 6.07) is 0. The van der Waals surface area contributed by atoms with E-state index in [1.165, 1.54) is 0 Å². The topological polar surface area (TPSA) is 0 Å². The van der Waals surface area contributed by atoms with Gasteiger partial charge in [-0.15, -0.1) is 12.3 Å². The molecule has 1 atom stereocenters. The van der Waals surface area contributed by atoms with Gasteiger partial charge in [0, 0.05) is 5.92 Å². The van der Waals surface area contributed by atoms with E-state index < -0.39 is 0 Å². The molecule has 1 radical (unpaired) electrons. The van der Waals surface area contributed by atoms with Crippen molar-refractivity contribution in [2.45, 2.75) is 26.2 Å². The number of rotatable bonds is 3. The summed E-state index contributed by atoms with van der Waals surface area (Å²) in [4.78, 5) is 0. The summed E-state index contributed by atoms with van der Waals surface area (Å²) in [6.45, 7) is 5.84. The third-order valence-corrected chi connectivity index (χ3v) is 1.28. The van der Waals surface area contributed by atoms with Crippen molar-refractivity contribution in [1.29, 1.82) is 0 Å². The van der Waals surface area contributed by atoms with Crippen LogP contribution in [0.15, 0.2) is 0 Å². The predicted molar refractivity (Wildman–Crippen MR) is 37.2 cm³/mol. The van der Waals surface area contributed by atoms with Gasteiger partial charge in [-0.2, -0.15) is 0 Å². The van der Waals surface area contributed by atoms with Crippen LogP contribution >= 0.6 is 0 Å². The summed E-state index contributed by atoms with van der Waals surface area (Å²) in [5, 5.41) is 0. The van der Waals surface area contributed by atoms with Crippen LogP contribution < -0.4 is 0 Å². The van der Waals surface area contributed by atoms with E-state index in [-0.39, 0.29) is 0 Å². The lowest BCUT2D eigenvalue weighted by molar-refractivity contribution is 0.598. The molecular weight excluding hydrogens is 96.1 g/mol. The zero-order chi connectivity index (χ0) is 6.41. The minimum atomic E-state index is 0.465. The Kier molecular flexibility index (Phi) is 4.45. The van der Waals surface area contributed by atoms with Gasteiger partial charge in [-0.1, -0.05) is 20.3 Å². The fourth-order valence-corrected chi connectivity index (χ4v) is 0.652. The Morgan fingerprint density at radius 1 is 1.75 bits per heavy atom. The number of hydrogen-bond acceptors (Lipinski definition) is 0. The van der Waals surface area contributed by atoms with Gasteiger partial charge in [-0.05, 0) is 12.8 Å². The average Bonchev–Trinajstić information content (AvgIpc) is 1.83. The van der Waals surface area contributed by atoms with Gasteiger partial charge in [0.1, 0.15) is 0 Å². The molecule has 0 heterocycles. The maximum Gasteiger partial charge on any atom is 0.0197 e. The van der Waals surface area contributed by atoms with E-state index in [1.807, 2.05) is 0 Å². The van der Waals surface area contributed by atoms with Crippen LogP contribution in [0, 0.1) is 25.2 Å². The van der Waals surface area contributed by atoms with Crippen LogP contribution in [0.5, 0.6) is 0 Å². The second-order valence-corrected chi connectivity index (χ2v) is 1.91. The van der Waals surface area contributed by atoms with E-state index in [0.717, 1.165) is 19.3 Å². The van der Waals surface area contributed by atoms with Gasteiger partial charge in [0.15, 0.2) is 0 Å². The molecular formula is C8H13. The first-order valence-electron chi connectivity index (χ1n) is 3.10. The third-order valence-electron chi connectivity index (χ3n) is 1.28. The summed E-state index contributed by atoms with van der Waals surface area (Å²) in [5.74, 6) is 3.18. The fraction of sp³-hybridized carbons (Fsp3) is 0.625. The van der Waals surface area contributed by atoms with E-state index in [1.54, 1.807) is 0 Å². The molecule has 0 aliphatic heterocycles. The molecule has 0 nitrogen and oxygen atoms in total. The molecule has 0 aliphatic carbocycles. The molecule has 8 heavy (non-hydrogen) atoms. The van der Waals surface area contributed by atoms with E-state index in [2.05, 4.69) is 19.8 Å². The van der Waals surface area contributed by atoms with E-state index >= 15 is 0 Å². The third kappa shape index (κ3) is 2.69. The SMILES string of the molecule is C#CC(CC)CC[CH2]. The normalized spacial score (nSPS) is 12.6. The summed E-state index contributed by atoms with van der Waals surface area (Å²) < 4.78 is 0. The minimum absolute atomic E-state index is 0.465. The summed E-state index contributed by atoms with van der Waals surface area (Å²) in [5.41, 5.74) is 0. The van der Waals surface area contributed by atoms with Crippen molar-refractivity contribution in [3.8, 4) is 12.3 Å². The van der Waals surface area contributed by atoms with Gasteiger partial charge in [0.25, 0.3) is 0 Å². The van der Waals surface area contributed by atoms with Crippen LogP contribution in [0.2, 0.25) is 0 Å². The molecule has 0 saturated heterocycles. The van der Waals surface area contributed by atoms with Crippen molar-refractivity contribution in [3.05, 3.63) is 6.92 Å². The van der Waals surface area contributed by atoms with Crippen molar-refractivity contribution in [2.24, 2.45) is 5.92 Å². The second kappa shape index (κ2) is 4.71. The highest BCUT2D eigenvalue weighted by Gasteiger charge is 1.96. The van der Waals surface area contributed by atoms with Gasteiger partial charge < -0.3 is 0 Å². The van der Waals surface area contributed by atoms with Crippen LogP contribution in [0.1, 0.15) is 26.2 Å². The molecule has 0 saturated carbocycles. The van der Waals surface area contributed by atoms with Crippen LogP contribution in [0.3, 0.4) is 0 Å². The summed E-state index contributed by atoms with van der Waals surface area (Å²) in [6.07, 6.45) is 8.32. The highest BCUT2D eigenvalue weighted by molar-refractivity contribution is 4.91. The first kappa shape index (κ1) is 7.56. The Morgan fingerprint density at radius 3 is 2.50 bits per heavy atom. The Labute approximate surface area is 52.3 Å². The summed E-state index contributed by atoms with van der Waals surface area (Å²) in [7, 11) is 0. The highest BCUT2D eigenvalue weighted by atomic mass is 14.0. The predicted octanol–water partition coefficient (Wildman–Crippen LogP) is 2.26. The molecule has 0 amide bonds. The van der Waals surface area contributed by atoms with Crippen LogP contribution in [0.25, 0.3) is 0 Å². The van der Waals surface area contributed by atoms with Crippen molar-refractivity contribution >= 4 is 0 Å². The lowest BCUT2D eigenvalue weighted by atomic mass is 10.0. The Hall–Kier alpha value is -0.440. The van der Waals surface area contributed by atoms with Gasteiger partial charge in [-0.25, -0.2) is 0 Å². The Bertz CT molecular complexity index is 76.5. The van der Waals surface area contributed by atoms with Crippen molar-refractivity contribution in [3.63, 3.8) is 0 Å². The quantitative estimate of drug-likeness (QED) is 0.488. The zero-order valence-electron chi connectivity index (χ0n) is 5.48. The monoisotopic (exact) mass is 109 g/mol. The number of terminal acetylenes is 1. The molecule has 0 aliphatic rings. The first-order chi connectivity index (χ1) is 3.85. The van der Waals surface area contributed by atoms with Crippen molar-refractivity contribution < 1.29 is 0 Å². The van der Waals surface area contributed by atoms with Crippen LogP contribution in [0.4, 0.5) is 0 Å². The van der Waals surface area contributed by atoms with Gasteiger partial charge in [0.05, 0.1) is 0 Å². The molecule has 0 N–H and O–H groups in total. The molecule has 0 bridgehead atoms. The molecule has 45 valence electrons. The molecule has 0 heteroatoms. The molecule has 0 aromatic heterocycles. The Morgan fingerprint density at radius 2 is 2.38 bits per heavy atom. The highest BCUT2D eigenvalue weighted by Crippen LogP contribution is 2.07. The largest absolute Gasteiger partial charge is 0.120 e. The maximum absolute atomic E-state index is 5.19. The molecule has 0 aromatic carbocycles. The average molecular weight is 109 g/mol. The number of hydrogen-bond donors (Lipinski definition) is 0. The van der Waals surface area contributed by atoms with Gasteiger partial charge >= 0.3 is 0 Å². The maximum atomic E-state index is 5.19. The molecule has 0 fully saturated rings. The van der Waals surface area contributed by atoms with E-state index in [0.29, 0.717) is 5.92 Å². The first-order valence-corrected chi connectivity index (χ1v) is 3.10. The van der Waals surface area contributed by atoms with Gasteiger partial charge in [-0.3, -0.25) is 0 Å². The molecule has 0 spiro atoms. The molecule has 1 unspecified atom stereocenters. The van der Waals surface area contributed by atoms with Crippen LogP contribution in [-0.2, 0) is 0 Å². The standard InChI is InChI=1S/C8H13/c1-4-7-8(5-2)6-3/h2,8H,1,4,6-7H2,3H3. The zero-order valence-corrected chi connectivity index (χ0v) is 5.48. The minimum Gasteiger partial charge on any atom is -0.120 e. The van der Waals surface area contributed by atoms with Crippen molar-refractivity contribution in [2.75, 3.05) is 0 Å². The van der Waals surface area contributed by atoms with E-state index in [4.69, 9.17) is 6.42 Å². The van der Waals surface area contributed by atoms with E-state index in [9.17, 15) is 0 Å². The Balaban J connectivity index is 3.26.